The summed E-state index contributed by atoms with van der Waals surface area (Å²) in [4.78, 5) is 0. The Balaban J connectivity index is 0. The molecule has 0 aromatic heterocycles. The monoisotopic (exact) mass is 446 g/mol. The largest absolute Gasteiger partial charge is 0.192 e. The van der Waals surface area contributed by atoms with Crippen molar-refractivity contribution in [2.45, 2.75) is 48.5 Å². The maximum absolute atomic E-state index is 8.47. The molecule has 0 N–H and O–H groups in total. The summed E-state index contributed by atoms with van der Waals surface area (Å²) in [6.45, 7) is 14.3. The van der Waals surface area contributed by atoms with Crippen molar-refractivity contribution in [2.24, 2.45) is 0 Å². The van der Waals surface area contributed by atoms with Crippen LogP contribution in [0.25, 0.3) is 0 Å². The summed E-state index contributed by atoms with van der Waals surface area (Å²) in [6, 6.07) is 27.6. The van der Waals surface area contributed by atoms with E-state index in [2.05, 4.69) is 58.0 Å². The molecule has 0 saturated heterocycles. The van der Waals surface area contributed by atoms with Crippen LogP contribution in [0.3, 0.4) is 0 Å². The van der Waals surface area contributed by atoms with E-state index in [4.69, 9.17) is 5.26 Å². The van der Waals surface area contributed by atoms with Gasteiger partial charge in [0.25, 0.3) is 0 Å². The van der Waals surface area contributed by atoms with E-state index in [0.717, 1.165) is 11.1 Å². The quantitative estimate of drug-likeness (QED) is 0.338. The van der Waals surface area contributed by atoms with Crippen LogP contribution in [0, 0.1) is 58.1 Å². The van der Waals surface area contributed by atoms with Crippen LogP contribution in [-0.4, -0.2) is 0 Å². The van der Waals surface area contributed by atoms with Gasteiger partial charge >= 0.3 is 0 Å². The molecule has 0 aliphatic carbocycles. The van der Waals surface area contributed by atoms with Crippen LogP contribution in [0.2, 0.25) is 0 Å². The maximum atomic E-state index is 8.47. The second-order valence-electron chi connectivity index (χ2n) is 5.95. The number of hydrogen-bond acceptors (Lipinski definition) is 1. The van der Waals surface area contributed by atoms with Gasteiger partial charge in [-0.1, -0.05) is 59.7 Å². The molecule has 2 heteroatoms. The topological polar surface area (TPSA) is 23.8 Å². The minimum atomic E-state index is 0. The van der Waals surface area contributed by atoms with Gasteiger partial charge in [-0.3, -0.25) is 0 Å². The smallest absolute Gasteiger partial charge is 0.0994 e. The molecule has 0 aliphatic heterocycles. The van der Waals surface area contributed by atoms with Crippen molar-refractivity contribution in [1.29, 1.82) is 5.26 Å². The summed E-state index contributed by atoms with van der Waals surface area (Å²) in [5.41, 5.74) is 7.10. The zero-order valence-electron chi connectivity index (χ0n) is 18.3. The molecule has 3 aromatic carbocycles. The normalized spacial score (nSPS) is 8.21. The Labute approximate surface area is 197 Å². The predicted molar refractivity (Wildman–Crippen MR) is 117 cm³/mol. The van der Waals surface area contributed by atoms with E-state index >= 15 is 0 Å². The maximum Gasteiger partial charge on any atom is 0.0994 e. The summed E-state index contributed by atoms with van der Waals surface area (Å²) < 4.78 is 0. The minimum absolute atomic E-state index is 0. The average molecular weight is 446 g/mol. The number of nitrogens with zero attached hydrogens (tertiary/aromatic N) is 1. The second-order valence-corrected chi connectivity index (χ2v) is 5.95. The Bertz CT molecular complexity index is 746. The van der Waals surface area contributed by atoms with Crippen LogP contribution in [0.5, 0.6) is 0 Å². The van der Waals surface area contributed by atoms with Gasteiger partial charge in [0.1, 0.15) is 0 Å². The molecule has 0 amide bonds. The third-order valence-corrected chi connectivity index (χ3v) is 3.97. The van der Waals surface area contributed by atoms with Crippen LogP contribution in [0.4, 0.5) is 0 Å². The van der Waals surface area contributed by atoms with Gasteiger partial charge in [-0.2, -0.15) is 76.0 Å². The standard InChI is InChI=1S/C8H7N.2C8H9.C2H6.Y/c1-7-4-2-3-5-8(7)6-9;2*1-7-5-3-4-6-8(7)2;1-2;/h2-5H,1H3;2*3,5-6H,1-2H3;1-2H3;/q;2*-1;;. The molecule has 0 heterocycles. The fraction of sp³-hybridized carbons (Fsp3) is 0.269. The summed E-state index contributed by atoms with van der Waals surface area (Å²) >= 11 is 0. The van der Waals surface area contributed by atoms with E-state index in [0.29, 0.717) is 0 Å². The van der Waals surface area contributed by atoms with Gasteiger partial charge in [-0.25, -0.2) is 0 Å². The fourth-order valence-corrected chi connectivity index (χ4v) is 1.88. The SMILES string of the molecule is CC.Cc1c[c-]ccc1C.Cc1c[c-]ccc1C.Cc1ccccc1C#N.[Y]. The molecule has 0 bridgehead atoms. The first-order valence-corrected chi connectivity index (χ1v) is 9.28. The van der Waals surface area contributed by atoms with Crippen molar-refractivity contribution >= 4 is 0 Å². The van der Waals surface area contributed by atoms with Crippen LogP contribution in [0.15, 0.2) is 60.7 Å². The molecule has 1 nitrogen and oxygen atoms in total. The van der Waals surface area contributed by atoms with E-state index in [1.54, 1.807) is 0 Å². The fourth-order valence-electron chi connectivity index (χ4n) is 1.88. The van der Waals surface area contributed by atoms with Crippen molar-refractivity contribution in [3.63, 3.8) is 0 Å². The number of benzene rings is 3. The number of aryl methyl sites for hydroxylation is 5. The summed E-state index contributed by atoms with van der Waals surface area (Å²) in [7, 11) is 0. The Kier molecular flexibility index (Phi) is 17.6. The van der Waals surface area contributed by atoms with Crippen LogP contribution >= 0.6 is 0 Å². The van der Waals surface area contributed by atoms with Gasteiger partial charge in [-0.05, 0) is 18.6 Å². The molecule has 0 saturated carbocycles. The van der Waals surface area contributed by atoms with Gasteiger partial charge in [0.05, 0.1) is 11.6 Å². The van der Waals surface area contributed by atoms with Gasteiger partial charge in [0.2, 0.25) is 0 Å². The van der Waals surface area contributed by atoms with E-state index < -0.39 is 0 Å². The van der Waals surface area contributed by atoms with Crippen LogP contribution in [-0.2, 0) is 32.7 Å². The molecule has 0 atom stereocenters. The number of hydrogen-bond donors (Lipinski definition) is 0. The zero-order valence-corrected chi connectivity index (χ0v) is 21.1. The molecule has 0 unspecified atom stereocenters. The van der Waals surface area contributed by atoms with E-state index in [1.807, 2.05) is 69.3 Å². The molecular formula is C26H31NY-2. The van der Waals surface area contributed by atoms with E-state index in [9.17, 15) is 0 Å². The first-order chi connectivity index (χ1) is 13.0. The molecule has 145 valence electrons. The van der Waals surface area contributed by atoms with Gasteiger partial charge in [-0.15, -0.1) is 0 Å². The minimum Gasteiger partial charge on any atom is -0.192 e. The van der Waals surface area contributed by atoms with Crippen molar-refractivity contribution < 1.29 is 32.7 Å². The van der Waals surface area contributed by atoms with Crippen molar-refractivity contribution in [1.82, 2.24) is 0 Å². The predicted octanol–water partition coefficient (Wildman–Crippen LogP) is 7.10. The van der Waals surface area contributed by atoms with Crippen LogP contribution in [0.1, 0.15) is 47.2 Å². The van der Waals surface area contributed by atoms with Gasteiger partial charge in [0.15, 0.2) is 0 Å². The van der Waals surface area contributed by atoms with Crippen LogP contribution < -0.4 is 0 Å². The summed E-state index contributed by atoms with van der Waals surface area (Å²) in [6.07, 6.45) is 0. The molecule has 3 aromatic rings. The first kappa shape index (κ1) is 28.5. The molecule has 0 aliphatic rings. The molecule has 0 spiro atoms. The number of nitriles is 1. The molecular weight excluding hydrogens is 415 g/mol. The second kappa shape index (κ2) is 17.4. The Morgan fingerprint density at radius 1 is 0.643 bits per heavy atom. The third-order valence-electron chi connectivity index (χ3n) is 3.97. The Hall–Kier alpha value is -1.75. The van der Waals surface area contributed by atoms with Crippen molar-refractivity contribution in [3.05, 3.63) is 106 Å². The third kappa shape index (κ3) is 11.9. The van der Waals surface area contributed by atoms with E-state index in [-0.39, 0.29) is 32.7 Å². The average Bonchev–Trinajstić information content (AvgIpc) is 2.69. The van der Waals surface area contributed by atoms with E-state index in [1.165, 1.54) is 22.3 Å². The number of rotatable bonds is 0. The first-order valence-electron chi connectivity index (χ1n) is 9.28. The van der Waals surface area contributed by atoms with Gasteiger partial charge in [0, 0.05) is 32.7 Å². The van der Waals surface area contributed by atoms with Gasteiger partial charge < -0.3 is 0 Å². The molecule has 1 radical (unpaired) electrons. The van der Waals surface area contributed by atoms with Crippen molar-refractivity contribution in [2.75, 3.05) is 0 Å². The molecule has 28 heavy (non-hydrogen) atoms. The molecule has 0 fully saturated rings. The molecule has 3 rings (SSSR count). The Morgan fingerprint density at radius 3 is 1.32 bits per heavy atom. The van der Waals surface area contributed by atoms with Crippen molar-refractivity contribution in [3.8, 4) is 6.07 Å². The zero-order chi connectivity index (χ0) is 20.7. The Morgan fingerprint density at radius 2 is 1.07 bits per heavy atom. The summed E-state index contributed by atoms with van der Waals surface area (Å²) in [5.74, 6) is 0. The summed E-state index contributed by atoms with van der Waals surface area (Å²) in [5, 5.41) is 8.47.